The Balaban J connectivity index is 2.57. The van der Waals surface area contributed by atoms with Gasteiger partial charge in [-0.1, -0.05) is 6.92 Å². The number of amides is 1. The van der Waals surface area contributed by atoms with E-state index < -0.39 is 6.09 Å². The van der Waals surface area contributed by atoms with Crippen molar-refractivity contribution >= 4 is 17.6 Å². The van der Waals surface area contributed by atoms with Gasteiger partial charge in [0.2, 0.25) is 0 Å². The van der Waals surface area contributed by atoms with Crippen LogP contribution in [0.3, 0.4) is 0 Å². The molecular weight excluding hydrogens is 230 g/mol. The lowest BCUT2D eigenvalue weighted by molar-refractivity contribution is 0.161. The molecular formula is C13H21N3O2. The lowest BCUT2D eigenvalue weighted by atomic mass is 10.3. The molecule has 1 N–H and O–H groups in total. The molecule has 0 aliphatic heterocycles. The minimum atomic E-state index is -0.436. The smallest absolute Gasteiger partial charge is 0.411 e. The topological polar surface area (TPSA) is 54.5 Å². The number of pyridine rings is 1. The van der Waals surface area contributed by atoms with Gasteiger partial charge in [0.05, 0.1) is 18.5 Å². The molecule has 0 radical (unpaired) electrons. The first kappa shape index (κ1) is 14.3. The molecule has 5 nitrogen and oxygen atoms in total. The summed E-state index contributed by atoms with van der Waals surface area (Å²) in [5.41, 5.74) is 0.645. The molecule has 0 saturated carbocycles. The fourth-order valence-corrected chi connectivity index (χ4v) is 1.54. The number of carbonyl (C=O) groups is 1. The van der Waals surface area contributed by atoms with E-state index in [0.717, 1.165) is 25.3 Å². The Morgan fingerprint density at radius 1 is 1.33 bits per heavy atom. The summed E-state index contributed by atoms with van der Waals surface area (Å²) in [5, 5.41) is 2.64. The number of ether oxygens (including phenoxy) is 1. The Morgan fingerprint density at radius 2 is 2.06 bits per heavy atom. The average Bonchev–Trinajstić information content (AvgIpc) is 2.40. The van der Waals surface area contributed by atoms with Crippen molar-refractivity contribution in [1.29, 1.82) is 0 Å². The first-order valence-electron chi connectivity index (χ1n) is 6.36. The van der Waals surface area contributed by atoms with Crippen molar-refractivity contribution in [3.8, 4) is 0 Å². The predicted molar refractivity (Wildman–Crippen MR) is 73.1 cm³/mol. The molecule has 0 atom stereocenters. The van der Waals surface area contributed by atoms with Crippen molar-refractivity contribution in [2.75, 3.05) is 29.9 Å². The van der Waals surface area contributed by atoms with E-state index in [0.29, 0.717) is 12.3 Å². The van der Waals surface area contributed by atoms with Crippen LogP contribution in [0.5, 0.6) is 0 Å². The molecule has 5 heteroatoms. The molecule has 0 saturated heterocycles. The second kappa shape index (κ2) is 7.53. The van der Waals surface area contributed by atoms with Crippen LogP contribution in [-0.4, -0.2) is 30.8 Å². The van der Waals surface area contributed by atoms with Crippen molar-refractivity contribution in [3.05, 3.63) is 18.3 Å². The highest BCUT2D eigenvalue weighted by atomic mass is 16.5. The van der Waals surface area contributed by atoms with Crippen LogP contribution < -0.4 is 10.2 Å². The summed E-state index contributed by atoms with van der Waals surface area (Å²) in [6.07, 6.45) is 2.02. The van der Waals surface area contributed by atoms with E-state index in [1.54, 1.807) is 6.20 Å². The molecule has 1 aromatic rings. The van der Waals surface area contributed by atoms with Gasteiger partial charge in [-0.05, 0) is 32.4 Å². The highest BCUT2D eigenvalue weighted by Gasteiger charge is 2.05. The zero-order chi connectivity index (χ0) is 13.4. The summed E-state index contributed by atoms with van der Waals surface area (Å²) in [6.45, 7) is 8.37. The van der Waals surface area contributed by atoms with Crippen molar-refractivity contribution < 1.29 is 9.53 Å². The molecule has 0 aliphatic rings. The molecule has 18 heavy (non-hydrogen) atoms. The van der Waals surface area contributed by atoms with Crippen molar-refractivity contribution in [1.82, 2.24) is 4.98 Å². The van der Waals surface area contributed by atoms with Crippen LogP contribution in [0.2, 0.25) is 0 Å². The van der Waals surface area contributed by atoms with E-state index in [-0.39, 0.29) is 0 Å². The molecule has 0 aliphatic carbocycles. The molecule has 1 amide bonds. The Morgan fingerprint density at radius 3 is 2.56 bits per heavy atom. The Kier molecular flexibility index (Phi) is 5.97. The van der Waals surface area contributed by atoms with Gasteiger partial charge in [-0.2, -0.15) is 0 Å². The summed E-state index contributed by atoms with van der Waals surface area (Å²) < 4.78 is 4.93. The Labute approximate surface area is 108 Å². The van der Waals surface area contributed by atoms with E-state index >= 15 is 0 Å². The van der Waals surface area contributed by atoms with Crippen molar-refractivity contribution in [2.24, 2.45) is 0 Å². The summed E-state index contributed by atoms with van der Waals surface area (Å²) in [4.78, 5) is 17.8. The molecule has 0 aromatic carbocycles. The van der Waals surface area contributed by atoms with Crippen molar-refractivity contribution in [2.45, 2.75) is 27.2 Å². The maximum Gasteiger partial charge on any atom is 0.411 e. The third-order valence-electron chi connectivity index (χ3n) is 2.52. The van der Waals surface area contributed by atoms with Gasteiger partial charge in [0, 0.05) is 13.1 Å². The average molecular weight is 251 g/mol. The maximum atomic E-state index is 11.3. The molecule has 0 unspecified atom stereocenters. The molecule has 0 spiro atoms. The number of nitrogens with one attached hydrogen (secondary N) is 1. The van der Waals surface area contributed by atoms with E-state index in [2.05, 4.69) is 29.0 Å². The monoisotopic (exact) mass is 251 g/mol. The number of nitrogens with zero attached hydrogens (tertiary/aromatic N) is 2. The SMILES string of the molecule is CCCOC(=O)Nc1ccc(N(CC)CC)nc1. The first-order valence-corrected chi connectivity index (χ1v) is 6.36. The van der Waals surface area contributed by atoms with E-state index in [4.69, 9.17) is 4.74 Å². The minimum absolute atomic E-state index is 0.427. The molecule has 1 aromatic heterocycles. The van der Waals surface area contributed by atoms with Gasteiger partial charge in [0.15, 0.2) is 0 Å². The first-order chi connectivity index (χ1) is 8.71. The van der Waals surface area contributed by atoms with Crippen LogP contribution in [-0.2, 0) is 4.74 Å². The summed E-state index contributed by atoms with van der Waals surface area (Å²) in [5.74, 6) is 0.910. The number of rotatable bonds is 6. The summed E-state index contributed by atoms with van der Waals surface area (Å²) >= 11 is 0. The minimum Gasteiger partial charge on any atom is -0.449 e. The molecule has 0 bridgehead atoms. The highest BCUT2D eigenvalue weighted by molar-refractivity contribution is 5.84. The van der Waals surface area contributed by atoms with Gasteiger partial charge < -0.3 is 9.64 Å². The van der Waals surface area contributed by atoms with Gasteiger partial charge in [-0.3, -0.25) is 5.32 Å². The lowest BCUT2D eigenvalue weighted by Gasteiger charge is -2.19. The van der Waals surface area contributed by atoms with Gasteiger partial charge in [0.1, 0.15) is 5.82 Å². The second-order valence-electron chi connectivity index (χ2n) is 3.84. The molecule has 100 valence electrons. The fourth-order valence-electron chi connectivity index (χ4n) is 1.54. The summed E-state index contributed by atoms with van der Waals surface area (Å²) in [7, 11) is 0. The Bertz CT molecular complexity index is 361. The normalized spacial score (nSPS) is 9.94. The van der Waals surface area contributed by atoms with Crippen LogP contribution in [0, 0.1) is 0 Å². The van der Waals surface area contributed by atoms with Gasteiger partial charge in [-0.25, -0.2) is 9.78 Å². The molecule has 1 heterocycles. The van der Waals surface area contributed by atoms with Gasteiger partial charge >= 0.3 is 6.09 Å². The number of aromatic nitrogens is 1. The van der Waals surface area contributed by atoms with Gasteiger partial charge in [0.25, 0.3) is 0 Å². The van der Waals surface area contributed by atoms with Crippen LogP contribution >= 0.6 is 0 Å². The second-order valence-corrected chi connectivity index (χ2v) is 3.84. The number of hydrogen-bond donors (Lipinski definition) is 1. The quantitative estimate of drug-likeness (QED) is 0.844. The number of hydrogen-bond acceptors (Lipinski definition) is 4. The van der Waals surface area contributed by atoms with E-state index in [1.807, 2.05) is 19.1 Å². The zero-order valence-corrected chi connectivity index (χ0v) is 11.3. The number of carbonyl (C=O) groups excluding carboxylic acids is 1. The highest BCUT2D eigenvalue weighted by Crippen LogP contribution is 2.13. The fraction of sp³-hybridized carbons (Fsp3) is 0.538. The van der Waals surface area contributed by atoms with Crippen LogP contribution in [0.15, 0.2) is 18.3 Å². The summed E-state index contributed by atoms with van der Waals surface area (Å²) in [6, 6.07) is 3.72. The number of anilines is 2. The predicted octanol–water partition coefficient (Wildman–Crippen LogP) is 2.89. The lowest BCUT2D eigenvalue weighted by Crippen LogP contribution is -2.23. The van der Waals surface area contributed by atoms with Crippen LogP contribution in [0.4, 0.5) is 16.3 Å². The van der Waals surface area contributed by atoms with Crippen LogP contribution in [0.1, 0.15) is 27.2 Å². The standard InChI is InChI=1S/C13H21N3O2/c1-4-9-18-13(17)15-11-7-8-12(14-10-11)16(5-2)6-3/h7-8,10H,4-6,9H2,1-3H3,(H,15,17). The van der Waals surface area contributed by atoms with Crippen molar-refractivity contribution in [3.63, 3.8) is 0 Å². The van der Waals surface area contributed by atoms with E-state index in [1.165, 1.54) is 0 Å². The Hall–Kier alpha value is -1.78. The third-order valence-corrected chi connectivity index (χ3v) is 2.52. The van der Waals surface area contributed by atoms with Gasteiger partial charge in [-0.15, -0.1) is 0 Å². The molecule has 1 rings (SSSR count). The zero-order valence-electron chi connectivity index (χ0n) is 11.3. The van der Waals surface area contributed by atoms with Crippen LogP contribution in [0.25, 0.3) is 0 Å². The molecule has 0 fully saturated rings. The maximum absolute atomic E-state index is 11.3. The van der Waals surface area contributed by atoms with E-state index in [9.17, 15) is 4.79 Å². The third kappa shape index (κ3) is 4.24. The largest absolute Gasteiger partial charge is 0.449 e.